The first-order valence-electron chi connectivity index (χ1n) is 3.52. The number of benzene rings is 1. The average Bonchev–Trinajstić information content (AvgIpc) is 2.03. The van der Waals surface area contributed by atoms with Crippen LogP contribution >= 0.6 is 23.6 Å². The zero-order valence-electron chi connectivity index (χ0n) is 6.58. The summed E-state index contributed by atoms with van der Waals surface area (Å²) in [5, 5.41) is 8.57. The van der Waals surface area contributed by atoms with E-state index >= 15 is 0 Å². The first-order chi connectivity index (χ1) is 6.11. The van der Waals surface area contributed by atoms with Crippen molar-refractivity contribution in [3.63, 3.8) is 0 Å². The summed E-state index contributed by atoms with van der Waals surface area (Å²) in [6, 6.07) is 6.79. The topological polar surface area (TPSA) is 40.5 Å². The summed E-state index contributed by atoms with van der Waals surface area (Å²) in [5.74, 6) is -0.914. The van der Waals surface area contributed by atoms with Gasteiger partial charge in [-0.15, -0.1) is 0 Å². The Labute approximate surface area is 85.7 Å². The number of rotatable bonds is 3. The number of para-hydroxylation sites is 1. The van der Waals surface area contributed by atoms with Crippen molar-refractivity contribution in [2.75, 3.05) is 3.94 Å². The molecular formula is C8H7Cl2NO2. The van der Waals surface area contributed by atoms with Gasteiger partial charge in [0.1, 0.15) is 0 Å². The molecule has 1 N–H and O–H groups in total. The van der Waals surface area contributed by atoms with Crippen LogP contribution in [0.1, 0.15) is 5.56 Å². The lowest BCUT2D eigenvalue weighted by Gasteiger charge is -2.09. The Kier molecular flexibility index (Phi) is 3.39. The number of carboxylic acids is 1. The fraction of sp³-hybridized carbons (Fsp3) is 0.125. The van der Waals surface area contributed by atoms with E-state index < -0.39 is 5.97 Å². The zero-order valence-corrected chi connectivity index (χ0v) is 8.09. The van der Waals surface area contributed by atoms with E-state index in [0.29, 0.717) is 11.3 Å². The Morgan fingerprint density at radius 2 is 2.00 bits per heavy atom. The number of carboxylic acid groups (broad SMARTS) is 1. The van der Waals surface area contributed by atoms with Crippen molar-refractivity contribution in [3.8, 4) is 0 Å². The first kappa shape index (κ1) is 10.2. The van der Waals surface area contributed by atoms with E-state index in [0.717, 1.165) is 3.94 Å². The molecule has 5 heteroatoms. The molecule has 70 valence electrons. The van der Waals surface area contributed by atoms with Crippen LogP contribution in [0.4, 0.5) is 5.69 Å². The third-order valence-corrected chi connectivity index (χ3v) is 1.88. The lowest BCUT2D eigenvalue weighted by molar-refractivity contribution is -0.136. The van der Waals surface area contributed by atoms with Gasteiger partial charge >= 0.3 is 5.97 Å². The Morgan fingerprint density at radius 1 is 1.38 bits per heavy atom. The van der Waals surface area contributed by atoms with Gasteiger partial charge in [-0.05, 0) is 11.6 Å². The first-order valence-corrected chi connectivity index (χ1v) is 4.20. The average molecular weight is 220 g/mol. The van der Waals surface area contributed by atoms with Crippen LogP contribution in [0, 0.1) is 0 Å². The second kappa shape index (κ2) is 4.35. The smallest absolute Gasteiger partial charge is 0.307 e. The number of nitrogens with zero attached hydrogens (tertiary/aromatic N) is 1. The molecule has 0 amide bonds. The van der Waals surface area contributed by atoms with Crippen molar-refractivity contribution in [2.45, 2.75) is 6.42 Å². The normalized spacial score (nSPS) is 9.69. The van der Waals surface area contributed by atoms with Gasteiger partial charge in [0, 0.05) is 23.6 Å². The summed E-state index contributed by atoms with van der Waals surface area (Å²) >= 11 is 11.0. The molecular weight excluding hydrogens is 213 g/mol. The summed E-state index contributed by atoms with van der Waals surface area (Å²) in [4.78, 5) is 10.4. The molecule has 0 heterocycles. The zero-order chi connectivity index (χ0) is 9.84. The summed E-state index contributed by atoms with van der Waals surface area (Å²) in [6.07, 6.45) is -0.0912. The maximum absolute atomic E-state index is 10.4. The number of halogens is 2. The summed E-state index contributed by atoms with van der Waals surface area (Å²) in [6.45, 7) is 0. The molecule has 0 aliphatic rings. The number of hydrogen-bond donors (Lipinski definition) is 1. The predicted octanol–water partition coefficient (Wildman–Crippen LogP) is 2.43. The number of carbonyl (C=O) groups is 1. The van der Waals surface area contributed by atoms with Crippen molar-refractivity contribution in [1.29, 1.82) is 0 Å². The van der Waals surface area contributed by atoms with Crippen LogP contribution in [0.5, 0.6) is 0 Å². The molecule has 0 aromatic heterocycles. The third-order valence-electron chi connectivity index (χ3n) is 1.52. The highest BCUT2D eigenvalue weighted by Crippen LogP contribution is 2.24. The molecule has 0 saturated carbocycles. The minimum absolute atomic E-state index is 0.0912. The third kappa shape index (κ3) is 2.79. The van der Waals surface area contributed by atoms with Gasteiger partial charge in [-0.2, -0.15) is 3.94 Å². The minimum atomic E-state index is -0.914. The van der Waals surface area contributed by atoms with E-state index in [9.17, 15) is 4.79 Å². The van der Waals surface area contributed by atoms with Crippen LogP contribution in [-0.2, 0) is 11.2 Å². The molecule has 0 spiro atoms. The molecule has 0 fully saturated rings. The molecule has 0 bridgehead atoms. The van der Waals surface area contributed by atoms with Gasteiger partial charge in [0.25, 0.3) is 0 Å². The number of hydrogen-bond acceptors (Lipinski definition) is 2. The molecule has 1 rings (SSSR count). The van der Waals surface area contributed by atoms with Crippen molar-refractivity contribution in [2.24, 2.45) is 0 Å². The summed E-state index contributed by atoms with van der Waals surface area (Å²) in [7, 11) is 0. The van der Waals surface area contributed by atoms with Crippen LogP contribution in [0.25, 0.3) is 0 Å². The van der Waals surface area contributed by atoms with Crippen LogP contribution in [0.2, 0.25) is 0 Å². The van der Waals surface area contributed by atoms with E-state index in [1.165, 1.54) is 0 Å². The van der Waals surface area contributed by atoms with Gasteiger partial charge in [-0.3, -0.25) is 4.79 Å². The monoisotopic (exact) mass is 219 g/mol. The standard InChI is InChI=1S/C8H7Cl2NO2/c9-11(10)7-4-2-1-3-6(7)5-8(12)13/h1-4H,5H2,(H,12,13). The molecule has 0 aliphatic heterocycles. The lowest BCUT2D eigenvalue weighted by atomic mass is 10.1. The number of anilines is 1. The lowest BCUT2D eigenvalue weighted by Crippen LogP contribution is -2.04. The van der Waals surface area contributed by atoms with Gasteiger partial charge in [0.05, 0.1) is 12.1 Å². The van der Waals surface area contributed by atoms with Crippen LogP contribution in [-0.4, -0.2) is 11.1 Å². The molecule has 0 aliphatic carbocycles. The second-order valence-corrected chi connectivity index (χ2v) is 3.28. The van der Waals surface area contributed by atoms with E-state index in [2.05, 4.69) is 0 Å². The van der Waals surface area contributed by atoms with Crippen molar-refractivity contribution < 1.29 is 9.90 Å². The molecule has 0 saturated heterocycles. The van der Waals surface area contributed by atoms with E-state index in [1.807, 2.05) is 0 Å². The summed E-state index contributed by atoms with van der Waals surface area (Å²) < 4.78 is 0.859. The molecule has 0 atom stereocenters. The molecule has 13 heavy (non-hydrogen) atoms. The van der Waals surface area contributed by atoms with Crippen molar-refractivity contribution >= 4 is 35.2 Å². The van der Waals surface area contributed by atoms with Gasteiger partial charge in [0.2, 0.25) is 0 Å². The number of aliphatic carboxylic acids is 1. The van der Waals surface area contributed by atoms with E-state index in [4.69, 9.17) is 28.7 Å². The van der Waals surface area contributed by atoms with Gasteiger partial charge in [-0.25, -0.2) is 0 Å². The molecule has 0 radical (unpaired) electrons. The highest BCUT2D eigenvalue weighted by molar-refractivity contribution is 6.49. The van der Waals surface area contributed by atoms with Crippen LogP contribution < -0.4 is 3.94 Å². The maximum atomic E-state index is 10.4. The Morgan fingerprint density at radius 3 is 2.54 bits per heavy atom. The van der Waals surface area contributed by atoms with E-state index in [1.54, 1.807) is 24.3 Å². The van der Waals surface area contributed by atoms with Crippen molar-refractivity contribution in [3.05, 3.63) is 29.8 Å². The van der Waals surface area contributed by atoms with Gasteiger partial charge < -0.3 is 5.11 Å². The largest absolute Gasteiger partial charge is 0.481 e. The molecule has 1 aromatic rings. The molecule has 0 unspecified atom stereocenters. The minimum Gasteiger partial charge on any atom is -0.481 e. The van der Waals surface area contributed by atoms with Crippen LogP contribution in [0.3, 0.4) is 0 Å². The Hall–Kier alpha value is -0.930. The quantitative estimate of drug-likeness (QED) is 0.795. The molecule has 1 aromatic carbocycles. The fourth-order valence-electron chi connectivity index (χ4n) is 0.988. The summed E-state index contributed by atoms with van der Waals surface area (Å²) in [5.41, 5.74) is 1.08. The van der Waals surface area contributed by atoms with E-state index in [-0.39, 0.29) is 6.42 Å². The van der Waals surface area contributed by atoms with Gasteiger partial charge in [-0.1, -0.05) is 18.2 Å². The highest BCUT2D eigenvalue weighted by Gasteiger charge is 2.09. The molecule has 3 nitrogen and oxygen atoms in total. The Balaban J connectivity index is 2.97. The highest BCUT2D eigenvalue weighted by atomic mass is 35.5. The van der Waals surface area contributed by atoms with Crippen LogP contribution in [0.15, 0.2) is 24.3 Å². The van der Waals surface area contributed by atoms with Gasteiger partial charge in [0.15, 0.2) is 0 Å². The maximum Gasteiger partial charge on any atom is 0.307 e. The van der Waals surface area contributed by atoms with Crippen molar-refractivity contribution in [1.82, 2.24) is 0 Å². The SMILES string of the molecule is O=C(O)Cc1ccccc1N(Cl)Cl. The fourth-order valence-corrected chi connectivity index (χ4v) is 1.32. The second-order valence-electron chi connectivity index (χ2n) is 2.43. The predicted molar refractivity (Wildman–Crippen MR) is 52.0 cm³/mol. The Bertz CT molecular complexity index is 315.